The molecule has 0 spiro atoms. The van der Waals surface area contributed by atoms with E-state index >= 15 is 0 Å². The van der Waals surface area contributed by atoms with Crippen molar-refractivity contribution in [1.29, 1.82) is 0 Å². The summed E-state index contributed by atoms with van der Waals surface area (Å²) in [5.41, 5.74) is 2.23. The third-order valence-electron chi connectivity index (χ3n) is 3.10. The molecule has 1 N–H and O–H groups in total. The zero-order valence-corrected chi connectivity index (χ0v) is 11.7. The number of nitrogens with one attached hydrogen (secondary N) is 1. The van der Waals surface area contributed by atoms with Gasteiger partial charge in [0.1, 0.15) is 0 Å². The van der Waals surface area contributed by atoms with Gasteiger partial charge in [0.05, 0.1) is 18.2 Å². The van der Waals surface area contributed by atoms with Crippen LogP contribution in [0.1, 0.15) is 31.9 Å². The maximum Gasteiger partial charge on any atom is 0.0702 e. The van der Waals surface area contributed by atoms with Crippen molar-refractivity contribution in [1.82, 2.24) is 10.3 Å². The van der Waals surface area contributed by atoms with Crippen molar-refractivity contribution in [2.45, 2.75) is 26.3 Å². The van der Waals surface area contributed by atoms with Crippen molar-refractivity contribution in [2.75, 3.05) is 19.8 Å². The Morgan fingerprint density at radius 2 is 2.11 bits per heavy atom. The van der Waals surface area contributed by atoms with Crippen LogP contribution in [0.25, 0.3) is 10.9 Å². The zero-order valence-electron chi connectivity index (χ0n) is 11.7. The lowest BCUT2D eigenvalue weighted by Crippen LogP contribution is -2.25. The Kier molecular flexibility index (Phi) is 5.31. The average molecular weight is 258 g/mol. The lowest BCUT2D eigenvalue weighted by Gasteiger charge is -2.18. The minimum absolute atomic E-state index is 0.216. The second-order valence-corrected chi connectivity index (χ2v) is 4.65. The van der Waals surface area contributed by atoms with Gasteiger partial charge in [0.15, 0.2) is 0 Å². The molecule has 0 aliphatic heterocycles. The molecule has 0 aliphatic carbocycles. The molecule has 0 aliphatic rings. The van der Waals surface area contributed by atoms with Crippen LogP contribution < -0.4 is 5.32 Å². The molecule has 0 amide bonds. The van der Waals surface area contributed by atoms with Crippen LogP contribution in [-0.4, -0.2) is 24.7 Å². The molecule has 0 bridgehead atoms. The van der Waals surface area contributed by atoms with Crippen molar-refractivity contribution in [3.05, 3.63) is 42.1 Å². The van der Waals surface area contributed by atoms with Gasteiger partial charge in [-0.25, -0.2) is 0 Å². The van der Waals surface area contributed by atoms with Gasteiger partial charge in [-0.15, -0.1) is 0 Å². The first kappa shape index (κ1) is 14.0. The Morgan fingerprint density at radius 1 is 1.26 bits per heavy atom. The van der Waals surface area contributed by atoms with Crippen molar-refractivity contribution < 1.29 is 4.74 Å². The number of rotatable bonds is 7. The van der Waals surface area contributed by atoms with Gasteiger partial charge in [-0.2, -0.15) is 0 Å². The number of likely N-dealkylation sites (N-methyl/N-ethyl adjacent to an activating group) is 1. The predicted molar refractivity (Wildman–Crippen MR) is 79.3 cm³/mol. The Labute approximate surface area is 115 Å². The van der Waals surface area contributed by atoms with Gasteiger partial charge in [-0.3, -0.25) is 4.98 Å². The largest absolute Gasteiger partial charge is 0.379 e. The highest BCUT2D eigenvalue weighted by atomic mass is 16.5. The van der Waals surface area contributed by atoms with Crippen molar-refractivity contribution >= 4 is 10.9 Å². The van der Waals surface area contributed by atoms with Crippen LogP contribution in [0.15, 0.2) is 36.5 Å². The van der Waals surface area contributed by atoms with Crippen LogP contribution in [0.2, 0.25) is 0 Å². The number of fused-ring (bicyclic) bond motifs is 1. The highest BCUT2D eigenvalue weighted by Crippen LogP contribution is 2.18. The molecule has 2 aromatic rings. The summed E-state index contributed by atoms with van der Waals surface area (Å²) in [7, 11) is 0. The summed E-state index contributed by atoms with van der Waals surface area (Å²) in [5.74, 6) is 0. The minimum atomic E-state index is 0.216. The molecule has 1 aromatic heterocycles. The second kappa shape index (κ2) is 7.22. The van der Waals surface area contributed by atoms with E-state index < -0.39 is 0 Å². The standard InChI is InChI=1S/C16H22N2O/c1-3-9-19-12-16(17-4-2)14-10-13-7-5-6-8-15(13)18-11-14/h5-8,10-11,16-17H,3-4,9,12H2,1-2H3. The molecule has 0 saturated heterocycles. The Balaban J connectivity index is 2.17. The van der Waals surface area contributed by atoms with Crippen molar-refractivity contribution in [2.24, 2.45) is 0 Å². The highest BCUT2D eigenvalue weighted by molar-refractivity contribution is 5.78. The fourth-order valence-corrected chi connectivity index (χ4v) is 2.14. The number of hydrogen-bond acceptors (Lipinski definition) is 3. The maximum atomic E-state index is 5.67. The maximum absolute atomic E-state index is 5.67. The second-order valence-electron chi connectivity index (χ2n) is 4.65. The molecule has 2 rings (SSSR count). The van der Waals surface area contributed by atoms with Crippen LogP contribution in [0.5, 0.6) is 0 Å². The third-order valence-corrected chi connectivity index (χ3v) is 3.10. The monoisotopic (exact) mass is 258 g/mol. The highest BCUT2D eigenvalue weighted by Gasteiger charge is 2.11. The summed E-state index contributed by atoms with van der Waals surface area (Å²) in [6.07, 6.45) is 3.00. The third kappa shape index (κ3) is 3.75. The van der Waals surface area contributed by atoms with E-state index in [1.807, 2.05) is 24.4 Å². The van der Waals surface area contributed by atoms with Crippen LogP contribution in [-0.2, 0) is 4.74 Å². The summed E-state index contributed by atoms with van der Waals surface area (Å²) in [4.78, 5) is 4.52. The summed E-state index contributed by atoms with van der Waals surface area (Å²) in [6.45, 7) is 6.67. The van der Waals surface area contributed by atoms with Gasteiger partial charge in [0, 0.05) is 18.2 Å². The number of ether oxygens (including phenoxy) is 1. The van der Waals surface area contributed by atoms with Gasteiger partial charge in [-0.1, -0.05) is 32.0 Å². The summed E-state index contributed by atoms with van der Waals surface area (Å²) in [6, 6.07) is 10.6. The van der Waals surface area contributed by atoms with Crippen LogP contribution >= 0.6 is 0 Å². The van der Waals surface area contributed by atoms with E-state index in [-0.39, 0.29) is 6.04 Å². The fourth-order valence-electron chi connectivity index (χ4n) is 2.14. The molecule has 0 radical (unpaired) electrons. The molecular formula is C16H22N2O. The van der Waals surface area contributed by atoms with Crippen molar-refractivity contribution in [3.8, 4) is 0 Å². The van der Waals surface area contributed by atoms with Gasteiger partial charge in [-0.05, 0) is 30.7 Å². The fraction of sp³-hybridized carbons (Fsp3) is 0.438. The minimum Gasteiger partial charge on any atom is -0.379 e. The van der Waals surface area contributed by atoms with E-state index in [1.54, 1.807) is 0 Å². The van der Waals surface area contributed by atoms with E-state index in [9.17, 15) is 0 Å². The van der Waals surface area contributed by atoms with Gasteiger partial charge in [0.2, 0.25) is 0 Å². The predicted octanol–water partition coefficient (Wildman–Crippen LogP) is 3.31. The molecule has 3 nitrogen and oxygen atoms in total. The number of para-hydroxylation sites is 1. The number of aromatic nitrogens is 1. The number of hydrogen-bond donors (Lipinski definition) is 1. The summed E-state index contributed by atoms with van der Waals surface area (Å²) < 4.78 is 5.67. The first-order chi connectivity index (χ1) is 9.35. The van der Waals surface area contributed by atoms with Gasteiger partial charge < -0.3 is 10.1 Å². The van der Waals surface area contributed by atoms with E-state index in [0.29, 0.717) is 6.61 Å². The molecule has 0 saturated carbocycles. The van der Waals surface area contributed by atoms with Crippen LogP contribution in [0.3, 0.4) is 0 Å². The molecule has 1 aromatic carbocycles. The van der Waals surface area contributed by atoms with Crippen LogP contribution in [0.4, 0.5) is 0 Å². The van der Waals surface area contributed by atoms with E-state index in [2.05, 4.69) is 36.3 Å². The number of pyridine rings is 1. The molecule has 3 heteroatoms. The molecule has 1 atom stereocenters. The molecule has 19 heavy (non-hydrogen) atoms. The lowest BCUT2D eigenvalue weighted by atomic mass is 10.1. The number of benzene rings is 1. The molecule has 1 unspecified atom stereocenters. The van der Waals surface area contributed by atoms with E-state index in [1.165, 1.54) is 10.9 Å². The SMILES string of the molecule is CCCOCC(NCC)c1cnc2ccccc2c1. The average Bonchev–Trinajstić information content (AvgIpc) is 2.46. The number of nitrogens with zero attached hydrogens (tertiary/aromatic N) is 1. The van der Waals surface area contributed by atoms with Gasteiger partial charge in [0.25, 0.3) is 0 Å². The molecule has 1 heterocycles. The normalized spacial score (nSPS) is 12.7. The van der Waals surface area contributed by atoms with E-state index in [0.717, 1.165) is 25.1 Å². The molecule has 102 valence electrons. The topological polar surface area (TPSA) is 34.1 Å². The Morgan fingerprint density at radius 3 is 2.89 bits per heavy atom. The first-order valence-corrected chi connectivity index (χ1v) is 7.01. The first-order valence-electron chi connectivity index (χ1n) is 7.01. The quantitative estimate of drug-likeness (QED) is 0.774. The Hall–Kier alpha value is -1.45. The molecular weight excluding hydrogens is 236 g/mol. The van der Waals surface area contributed by atoms with E-state index in [4.69, 9.17) is 4.74 Å². The Bertz CT molecular complexity index is 513. The zero-order chi connectivity index (χ0) is 13.5. The lowest BCUT2D eigenvalue weighted by molar-refractivity contribution is 0.112. The summed E-state index contributed by atoms with van der Waals surface area (Å²) >= 11 is 0. The van der Waals surface area contributed by atoms with Crippen LogP contribution in [0, 0.1) is 0 Å². The summed E-state index contributed by atoms with van der Waals surface area (Å²) in [5, 5.41) is 4.64. The molecule has 0 fully saturated rings. The smallest absolute Gasteiger partial charge is 0.0702 e. The van der Waals surface area contributed by atoms with Crippen molar-refractivity contribution in [3.63, 3.8) is 0 Å². The van der Waals surface area contributed by atoms with Gasteiger partial charge >= 0.3 is 0 Å².